The van der Waals surface area contributed by atoms with Crippen molar-refractivity contribution in [1.82, 2.24) is 9.97 Å². The first kappa shape index (κ1) is 19.8. The number of piperidine rings is 1. The molecular formula is C26H22N4O2. The van der Waals surface area contributed by atoms with Crippen LogP contribution in [0.5, 0.6) is 0 Å². The largest absolute Gasteiger partial charge is 0.423 e. The number of oxazole rings is 1. The van der Waals surface area contributed by atoms with E-state index in [-0.39, 0.29) is 11.8 Å². The van der Waals surface area contributed by atoms with Crippen molar-refractivity contribution >= 4 is 28.7 Å². The van der Waals surface area contributed by atoms with E-state index >= 15 is 0 Å². The number of pyridine rings is 1. The van der Waals surface area contributed by atoms with Crippen LogP contribution in [0, 0.1) is 17.8 Å². The monoisotopic (exact) mass is 422 g/mol. The molecule has 2 aromatic heterocycles. The average Bonchev–Trinajstić information content (AvgIpc) is 3.28. The highest BCUT2D eigenvalue weighted by atomic mass is 16.4. The Labute approximate surface area is 186 Å². The fourth-order valence-corrected chi connectivity index (χ4v) is 3.82. The minimum absolute atomic E-state index is 0.0389. The van der Waals surface area contributed by atoms with E-state index in [1.165, 1.54) is 0 Å². The van der Waals surface area contributed by atoms with Gasteiger partial charge in [0.1, 0.15) is 11.2 Å². The quantitative estimate of drug-likeness (QED) is 0.493. The summed E-state index contributed by atoms with van der Waals surface area (Å²) in [5, 5.41) is 3.05. The standard InChI is InChI=1S/C26H22N4O2/c31-25(28-22-8-5-6-19(18-22)11-12-21-7-3-4-15-27-21)20-13-16-30(17-14-20)26-29-23-9-1-2-10-24(23)32-26/h1-10,15,18,20H,13-14,16-17H2,(H,28,31). The van der Waals surface area contributed by atoms with E-state index in [2.05, 4.69) is 32.0 Å². The van der Waals surface area contributed by atoms with Gasteiger partial charge in [-0.25, -0.2) is 4.98 Å². The molecule has 0 aliphatic carbocycles. The van der Waals surface area contributed by atoms with Crippen LogP contribution < -0.4 is 10.2 Å². The highest BCUT2D eigenvalue weighted by molar-refractivity contribution is 5.92. The van der Waals surface area contributed by atoms with Crippen molar-refractivity contribution in [3.05, 3.63) is 84.2 Å². The molecule has 1 aliphatic rings. The molecule has 1 saturated heterocycles. The molecule has 3 heterocycles. The van der Waals surface area contributed by atoms with Gasteiger partial charge in [0.2, 0.25) is 5.91 Å². The van der Waals surface area contributed by atoms with Crippen LogP contribution >= 0.6 is 0 Å². The molecule has 0 radical (unpaired) electrons. The van der Waals surface area contributed by atoms with Gasteiger partial charge in [-0.05, 0) is 61.2 Å². The first-order chi connectivity index (χ1) is 15.7. The van der Waals surface area contributed by atoms with E-state index in [1.54, 1.807) is 6.20 Å². The summed E-state index contributed by atoms with van der Waals surface area (Å²) in [6.45, 7) is 1.47. The molecule has 1 aliphatic heterocycles. The Morgan fingerprint density at radius 3 is 2.66 bits per heavy atom. The van der Waals surface area contributed by atoms with E-state index in [0.29, 0.717) is 11.7 Å². The summed E-state index contributed by atoms with van der Waals surface area (Å²) in [6.07, 6.45) is 3.23. The third-order valence-electron chi connectivity index (χ3n) is 5.55. The normalized spacial score (nSPS) is 14.1. The van der Waals surface area contributed by atoms with Gasteiger partial charge < -0.3 is 14.6 Å². The Morgan fingerprint density at radius 1 is 1.00 bits per heavy atom. The Bertz CT molecular complexity index is 1260. The number of hydrogen-bond acceptors (Lipinski definition) is 5. The van der Waals surface area contributed by atoms with Gasteiger partial charge in [-0.15, -0.1) is 0 Å². The summed E-state index contributed by atoms with van der Waals surface area (Å²) in [5.41, 5.74) is 3.94. The molecule has 1 N–H and O–H groups in total. The maximum absolute atomic E-state index is 12.8. The number of hydrogen-bond donors (Lipinski definition) is 1. The molecule has 0 saturated carbocycles. The smallest absolute Gasteiger partial charge is 0.298 e. The zero-order chi connectivity index (χ0) is 21.8. The minimum Gasteiger partial charge on any atom is -0.423 e. The number of benzene rings is 2. The van der Waals surface area contributed by atoms with Crippen LogP contribution in [-0.4, -0.2) is 29.0 Å². The van der Waals surface area contributed by atoms with Crippen LogP contribution in [0.1, 0.15) is 24.1 Å². The van der Waals surface area contributed by atoms with Crippen LogP contribution in [0.4, 0.5) is 11.7 Å². The Balaban J connectivity index is 1.19. The molecule has 0 spiro atoms. The van der Waals surface area contributed by atoms with E-state index in [9.17, 15) is 4.79 Å². The van der Waals surface area contributed by atoms with Crippen LogP contribution in [0.2, 0.25) is 0 Å². The van der Waals surface area contributed by atoms with Gasteiger partial charge in [-0.2, -0.15) is 4.98 Å². The van der Waals surface area contributed by atoms with E-state index in [1.807, 2.05) is 66.7 Å². The van der Waals surface area contributed by atoms with Crippen LogP contribution in [0.3, 0.4) is 0 Å². The SMILES string of the molecule is O=C(Nc1cccc(C#Cc2ccccn2)c1)C1CCN(c2nc3ccccc3o2)CC1. The second-order valence-corrected chi connectivity index (χ2v) is 7.76. The van der Waals surface area contributed by atoms with Gasteiger partial charge in [-0.1, -0.05) is 30.2 Å². The summed E-state index contributed by atoms with van der Waals surface area (Å²) in [6, 6.07) is 21.6. The molecule has 0 atom stereocenters. The van der Waals surface area contributed by atoms with Gasteiger partial charge in [0, 0.05) is 36.5 Å². The molecular weight excluding hydrogens is 400 g/mol. The third kappa shape index (κ3) is 4.47. The van der Waals surface area contributed by atoms with E-state index < -0.39 is 0 Å². The van der Waals surface area contributed by atoms with Crippen molar-refractivity contribution in [1.29, 1.82) is 0 Å². The average molecular weight is 422 g/mol. The number of carbonyl (C=O) groups excluding carboxylic acids is 1. The Hall–Kier alpha value is -4.11. The summed E-state index contributed by atoms with van der Waals surface area (Å²) in [7, 11) is 0. The molecule has 2 aromatic carbocycles. The van der Waals surface area contributed by atoms with Crippen LogP contribution in [0.25, 0.3) is 11.1 Å². The minimum atomic E-state index is -0.0427. The predicted octanol–water partition coefficient (Wildman–Crippen LogP) is 4.48. The summed E-state index contributed by atoms with van der Waals surface area (Å²) in [5.74, 6) is 6.14. The van der Waals surface area contributed by atoms with Gasteiger partial charge in [-0.3, -0.25) is 4.79 Å². The lowest BCUT2D eigenvalue weighted by molar-refractivity contribution is -0.120. The number of aromatic nitrogens is 2. The zero-order valence-corrected chi connectivity index (χ0v) is 17.5. The molecule has 0 unspecified atom stereocenters. The third-order valence-corrected chi connectivity index (χ3v) is 5.55. The molecule has 5 rings (SSSR count). The topological polar surface area (TPSA) is 71.3 Å². The van der Waals surface area contributed by atoms with Gasteiger partial charge in [0.15, 0.2) is 5.58 Å². The lowest BCUT2D eigenvalue weighted by Crippen LogP contribution is -2.38. The van der Waals surface area contributed by atoms with Gasteiger partial charge in [0.25, 0.3) is 6.01 Å². The second kappa shape index (κ2) is 8.94. The number of anilines is 2. The predicted molar refractivity (Wildman–Crippen MR) is 124 cm³/mol. The molecule has 6 heteroatoms. The van der Waals surface area contributed by atoms with Crippen LogP contribution in [0.15, 0.2) is 77.3 Å². The molecule has 1 fully saturated rings. The van der Waals surface area contributed by atoms with Crippen molar-refractivity contribution in [3.63, 3.8) is 0 Å². The maximum atomic E-state index is 12.8. The number of nitrogens with one attached hydrogen (secondary N) is 1. The molecule has 4 aromatic rings. The van der Waals surface area contributed by atoms with Gasteiger partial charge >= 0.3 is 0 Å². The lowest BCUT2D eigenvalue weighted by Gasteiger charge is -2.30. The van der Waals surface area contributed by atoms with Crippen molar-refractivity contribution in [2.75, 3.05) is 23.3 Å². The summed E-state index contributed by atoms with van der Waals surface area (Å²) in [4.78, 5) is 23.7. The maximum Gasteiger partial charge on any atom is 0.298 e. The molecule has 158 valence electrons. The second-order valence-electron chi connectivity index (χ2n) is 7.76. The number of nitrogens with zero attached hydrogens (tertiary/aromatic N) is 3. The van der Waals surface area contributed by atoms with Crippen molar-refractivity contribution in [2.24, 2.45) is 5.92 Å². The highest BCUT2D eigenvalue weighted by Crippen LogP contribution is 2.27. The molecule has 0 bridgehead atoms. The van der Waals surface area contributed by atoms with E-state index in [0.717, 1.165) is 48.3 Å². The molecule has 32 heavy (non-hydrogen) atoms. The van der Waals surface area contributed by atoms with Crippen molar-refractivity contribution < 1.29 is 9.21 Å². The first-order valence-electron chi connectivity index (χ1n) is 10.7. The fourth-order valence-electron chi connectivity index (χ4n) is 3.82. The number of rotatable bonds is 3. The van der Waals surface area contributed by atoms with Crippen molar-refractivity contribution in [2.45, 2.75) is 12.8 Å². The summed E-state index contributed by atoms with van der Waals surface area (Å²) < 4.78 is 5.86. The highest BCUT2D eigenvalue weighted by Gasteiger charge is 2.27. The number of carbonyl (C=O) groups is 1. The lowest BCUT2D eigenvalue weighted by atomic mass is 9.96. The van der Waals surface area contributed by atoms with Crippen molar-refractivity contribution in [3.8, 4) is 11.8 Å². The fraction of sp³-hybridized carbons (Fsp3) is 0.192. The molecule has 1 amide bonds. The molecule has 6 nitrogen and oxygen atoms in total. The number of para-hydroxylation sites is 2. The first-order valence-corrected chi connectivity index (χ1v) is 10.7. The Morgan fingerprint density at radius 2 is 1.84 bits per heavy atom. The van der Waals surface area contributed by atoms with Crippen LogP contribution in [-0.2, 0) is 4.79 Å². The summed E-state index contributed by atoms with van der Waals surface area (Å²) >= 11 is 0. The number of amides is 1. The van der Waals surface area contributed by atoms with Gasteiger partial charge in [0.05, 0.1) is 0 Å². The number of fused-ring (bicyclic) bond motifs is 1. The zero-order valence-electron chi connectivity index (χ0n) is 17.5. The Kier molecular flexibility index (Phi) is 5.54. The van der Waals surface area contributed by atoms with E-state index in [4.69, 9.17) is 4.42 Å².